The van der Waals surface area contributed by atoms with Gasteiger partial charge in [-0.1, -0.05) is 25.7 Å². The first-order chi connectivity index (χ1) is 9.20. The molecular weight excluding hydrogens is 238 g/mol. The Morgan fingerprint density at radius 2 is 1.68 bits per heavy atom. The minimum absolute atomic E-state index is 0.332. The summed E-state index contributed by atoms with van der Waals surface area (Å²) in [6.07, 6.45) is 13.6. The van der Waals surface area contributed by atoms with Crippen LogP contribution < -0.4 is 0 Å². The van der Waals surface area contributed by atoms with Crippen LogP contribution in [0.4, 0.5) is 0 Å². The molecule has 3 heteroatoms. The van der Waals surface area contributed by atoms with E-state index in [-0.39, 0.29) is 0 Å². The number of piperidine rings is 1. The van der Waals surface area contributed by atoms with Gasteiger partial charge in [-0.05, 0) is 57.0 Å². The van der Waals surface area contributed by atoms with Crippen LogP contribution in [0.1, 0.15) is 70.6 Å². The van der Waals surface area contributed by atoms with Crippen LogP contribution in [0.3, 0.4) is 0 Å². The molecule has 1 heterocycles. The van der Waals surface area contributed by atoms with Gasteiger partial charge in [0.25, 0.3) is 0 Å². The number of aliphatic carboxylic acids is 1. The van der Waals surface area contributed by atoms with Crippen LogP contribution >= 0.6 is 0 Å². The molecule has 0 radical (unpaired) electrons. The Morgan fingerprint density at radius 1 is 1.00 bits per heavy atom. The highest BCUT2D eigenvalue weighted by molar-refractivity contribution is 5.66. The molecule has 0 atom stereocenters. The Hall–Kier alpha value is -0.570. The fourth-order valence-corrected chi connectivity index (χ4v) is 4.00. The summed E-state index contributed by atoms with van der Waals surface area (Å²) in [7, 11) is 0. The zero-order valence-corrected chi connectivity index (χ0v) is 12.2. The summed E-state index contributed by atoms with van der Waals surface area (Å²) in [5.74, 6) is -0.654. The fourth-order valence-electron chi connectivity index (χ4n) is 4.00. The van der Waals surface area contributed by atoms with Crippen molar-refractivity contribution in [2.45, 2.75) is 70.6 Å². The third-order valence-electron chi connectivity index (χ3n) is 5.02. The Morgan fingerprint density at radius 3 is 2.37 bits per heavy atom. The first-order valence-corrected chi connectivity index (χ1v) is 8.14. The molecule has 1 N–H and O–H groups in total. The highest BCUT2D eigenvalue weighted by Gasteiger charge is 2.35. The zero-order chi connectivity index (χ0) is 13.6. The van der Waals surface area contributed by atoms with Crippen LogP contribution in [0.25, 0.3) is 0 Å². The second-order valence-corrected chi connectivity index (χ2v) is 6.64. The van der Waals surface area contributed by atoms with Crippen molar-refractivity contribution in [1.82, 2.24) is 4.90 Å². The lowest BCUT2D eigenvalue weighted by atomic mass is 9.74. The second kappa shape index (κ2) is 7.28. The van der Waals surface area contributed by atoms with Crippen molar-refractivity contribution in [3.63, 3.8) is 0 Å². The maximum Gasteiger partial charge on any atom is 0.303 e. The molecule has 1 aliphatic carbocycles. The van der Waals surface area contributed by atoms with E-state index in [0.29, 0.717) is 11.8 Å². The molecular formula is C16H29NO2. The maximum atomic E-state index is 10.5. The number of carbonyl (C=O) groups is 1. The molecule has 19 heavy (non-hydrogen) atoms. The van der Waals surface area contributed by atoms with Gasteiger partial charge in [-0.15, -0.1) is 0 Å². The van der Waals surface area contributed by atoms with Crippen LogP contribution in [0.2, 0.25) is 0 Å². The summed E-state index contributed by atoms with van der Waals surface area (Å²) in [6.45, 7) is 3.62. The largest absolute Gasteiger partial charge is 0.481 e. The molecule has 2 fully saturated rings. The third kappa shape index (κ3) is 4.79. The lowest BCUT2D eigenvalue weighted by Crippen LogP contribution is -2.43. The standard InChI is InChI=1S/C16H29NO2/c18-15(19)8-3-6-12-17-13-7-11-16(14-17)9-4-1-2-5-10-16/h1-14H2,(H,18,19). The van der Waals surface area contributed by atoms with Gasteiger partial charge in [-0.2, -0.15) is 0 Å². The Kier molecular flexibility index (Phi) is 5.68. The predicted octanol–water partition coefficient (Wildman–Crippen LogP) is 3.68. The molecule has 1 spiro atoms. The molecule has 110 valence electrons. The van der Waals surface area contributed by atoms with Gasteiger partial charge in [0.2, 0.25) is 0 Å². The SMILES string of the molecule is O=C(O)CCCCN1CCCC2(CCCCCC2)C1. The van der Waals surface area contributed by atoms with E-state index in [1.165, 1.54) is 64.5 Å². The quantitative estimate of drug-likeness (QED) is 0.772. The number of hydrogen-bond donors (Lipinski definition) is 1. The average molecular weight is 267 g/mol. The predicted molar refractivity (Wildman–Crippen MR) is 77.3 cm³/mol. The van der Waals surface area contributed by atoms with Crippen molar-refractivity contribution in [1.29, 1.82) is 0 Å². The van der Waals surface area contributed by atoms with E-state index in [0.717, 1.165) is 19.4 Å². The molecule has 0 bridgehead atoms. The number of rotatable bonds is 5. The van der Waals surface area contributed by atoms with Gasteiger partial charge in [0.1, 0.15) is 0 Å². The number of carboxylic acids is 1. The van der Waals surface area contributed by atoms with Crippen molar-refractivity contribution in [2.75, 3.05) is 19.6 Å². The topological polar surface area (TPSA) is 40.5 Å². The molecule has 2 aliphatic rings. The number of hydrogen-bond acceptors (Lipinski definition) is 2. The molecule has 0 amide bonds. The summed E-state index contributed by atoms with van der Waals surface area (Å²) in [4.78, 5) is 13.1. The first kappa shape index (κ1) is 14.8. The van der Waals surface area contributed by atoms with Crippen LogP contribution in [0.5, 0.6) is 0 Å². The zero-order valence-electron chi connectivity index (χ0n) is 12.2. The molecule has 0 aromatic carbocycles. The molecule has 1 saturated heterocycles. The highest BCUT2D eigenvalue weighted by atomic mass is 16.4. The summed E-state index contributed by atoms with van der Waals surface area (Å²) in [6, 6.07) is 0. The van der Waals surface area contributed by atoms with E-state index in [9.17, 15) is 4.79 Å². The van der Waals surface area contributed by atoms with Crippen LogP contribution in [0, 0.1) is 5.41 Å². The Bertz CT molecular complexity index is 282. The van der Waals surface area contributed by atoms with Gasteiger partial charge in [0, 0.05) is 13.0 Å². The van der Waals surface area contributed by atoms with E-state index in [4.69, 9.17) is 5.11 Å². The van der Waals surface area contributed by atoms with Crippen LogP contribution in [-0.2, 0) is 4.79 Å². The smallest absolute Gasteiger partial charge is 0.303 e. The van der Waals surface area contributed by atoms with E-state index in [2.05, 4.69) is 4.90 Å². The van der Waals surface area contributed by atoms with Crippen molar-refractivity contribution in [3.8, 4) is 0 Å². The van der Waals surface area contributed by atoms with Crippen molar-refractivity contribution in [3.05, 3.63) is 0 Å². The lowest BCUT2D eigenvalue weighted by molar-refractivity contribution is -0.137. The summed E-state index contributed by atoms with van der Waals surface area (Å²) < 4.78 is 0. The first-order valence-electron chi connectivity index (χ1n) is 8.14. The summed E-state index contributed by atoms with van der Waals surface area (Å²) in [5.41, 5.74) is 0.613. The number of unbranched alkanes of at least 4 members (excludes halogenated alkanes) is 1. The third-order valence-corrected chi connectivity index (χ3v) is 5.02. The van der Waals surface area contributed by atoms with Gasteiger partial charge < -0.3 is 10.0 Å². The molecule has 2 rings (SSSR count). The molecule has 0 unspecified atom stereocenters. The normalized spacial score (nSPS) is 24.2. The van der Waals surface area contributed by atoms with Crippen molar-refractivity contribution in [2.24, 2.45) is 5.41 Å². The minimum Gasteiger partial charge on any atom is -0.481 e. The molecule has 1 saturated carbocycles. The number of likely N-dealkylation sites (tertiary alicyclic amines) is 1. The van der Waals surface area contributed by atoms with Crippen LogP contribution in [0.15, 0.2) is 0 Å². The Balaban J connectivity index is 1.74. The van der Waals surface area contributed by atoms with Gasteiger partial charge in [0.05, 0.1) is 0 Å². The lowest BCUT2D eigenvalue weighted by Gasteiger charge is -2.43. The van der Waals surface area contributed by atoms with Crippen LogP contribution in [-0.4, -0.2) is 35.6 Å². The molecule has 1 aliphatic heterocycles. The summed E-state index contributed by atoms with van der Waals surface area (Å²) >= 11 is 0. The number of carboxylic acid groups (broad SMARTS) is 1. The fraction of sp³-hybridized carbons (Fsp3) is 0.938. The average Bonchev–Trinajstić information content (AvgIpc) is 2.61. The molecule has 0 aromatic heterocycles. The van der Waals surface area contributed by atoms with Gasteiger partial charge in [-0.3, -0.25) is 4.79 Å². The van der Waals surface area contributed by atoms with E-state index < -0.39 is 5.97 Å². The van der Waals surface area contributed by atoms with Gasteiger partial charge in [0.15, 0.2) is 0 Å². The number of nitrogens with zero attached hydrogens (tertiary/aromatic N) is 1. The van der Waals surface area contributed by atoms with Crippen molar-refractivity contribution >= 4 is 5.97 Å². The molecule has 3 nitrogen and oxygen atoms in total. The highest BCUT2D eigenvalue weighted by Crippen LogP contribution is 2.42. The molecule has 0 aromatic rings. The van der Waals surface area contributed by atoms with E-state index in [1.807, 2.05) is 0 Å². The second-order valence-electron chi connectivity index (χ2n) is 6.64. The Labute approximate surface area is 117 Å². The monoisotopic (exact) mass is 267 g/mol. The maximum absolute atomic E-state index is 10.5. The van der Waals surface area contributed by atoms with Gasteiger partial charge in [-0.25, -0.2) is 0 Å². The van der Waals surface area contributed by atoms with E-state index in [1.54, 1.807) is 0 Å². The minimum atomic E-state index is -0.654. The van der Waals surface area contributed by atoms with E-state index >= 15 is 0 Å². The van der Waals surface area contributed by atoms with Gasteiger partial charge >= 0.3 is 5.97 Å². The van der Waals surface area contributed by atoms with Crippen molar-refractivity contribution < 1.29 is 9.90 Å². The summed E-state index contributed by atoms with van der Waals surface area (Å²) in [5, 5.41) is 8.67.